The Labute approximate surface area is 117 Å². The smallest absolute Gasteiger partial charge is 0.379 e. The number of aromatic nitrogens is 2. The van der Waals surface area contributed by atoms with E-state index in [-0.39, 0.29) is 11.3 Å². The number of nitro groups is 1. The van der Waals surface area contributed by atoms with Gasteiger partial charge in [0.05, 0.1) is 25.2 Å². The van der Waals surface area contributed by atoms with E-state index in [1.807, 2.05) is 0 Å². The number of hydrogen-bond acceptors (Lipinski definition) is 6. The van der Waals surface area contributed by atoms with Gasteiger partial charge in [-0.05, 0) is 11.6 Å². The van der Waals surface area contributed by atoms with Crippen LogP contribution < -0.4 is 0 Å². The molecule has 1 unspecified atom stereocenters. The molecule has 2 aromatic rings. The molecule has 0 saturated carbocycles. The van der Waals surface area contributed by atoms with Gasteiger partial charge in [0.1, 0.15) is 5.69 Å². The van der Waals surface area contributed by atoms with Crippen molar-refractivity contribution in [2.75, 3.05) is 7.11 Å². The summed E-state index contributed by atoms with van der Waals surface area (Å²) >= 11 is 0. The fraction of sp³-hybridized carbons (Fsp3) is 0.250. The predicted molar refractivity (Wildman–Crippen MR) is 69.6 cm³/mol. The number of H-pyrrole nitrogens is 1. The van der Waals surface area contributed by atoms with E-state index in [9.17, 15) is 19.7 Å². The van der Waals surface area contributed by atoms with Gasteiger partial charge in [-0.25, -0.2) is 9.59 Å². The Morgan fingerprint density at radius 1 is 1.57 bits per heavy atom. The molecule has 0 aliphatic heterocycles. The SMILES string of the molecule is COC(=O)c1[nH]c2cnccc2c1CC(C(=O)O)[N+](=O)[O-]. The first-order chi connectivity index (χ1) is 9.95. The maximum atomic E-state index is 11.7. The fourth-order valence-electron chi connectivity index (χ4n) is 2.04. The van der Waals surface area contributed by atoms with Crippen molar-refractivity contribution in [1.29, 1.82) is 0 Å². The molecule has 0 bridgehead atoms. The Morgan fingerprint density at radius 3 is 2.86 bits per heavy atom. The summed E-state index contributed by atoms with van der Waals surface area (Å²) < 4.78 is 4.60. The molecule has 2 aromatic heterocycles. The first kappa shape index (κ1) is 14.4. The maximum absolute atomic E-state index is 11.7. The van der Waals surface area contributed by atoms with Crippen molar-refractivity contribution < 1.29 is 24.4 Å². The van der Waals surface area contributed by atoms with Gasteiger partial charge in [-0.1, -0.05) is 0 Å². The fourth-order valence-corrected chi connectivity index (χ4v) is 2.04. The van der Waals surface area contributed by atoms with Crippen molar-refractivity contribution in [2.24, 2.45) is 0 Å². The van der Waals surface area contributed by atoms with Crippen LogP contribution in [0.15, 0.2) is 18.5 Å². The minimum absolute atomic E-state index is 0.00593. The Morgan fingerprint density at radius 2 is 2.29 bits per heavy atom. The van der Waals surface area contributed by atoms with Crippen molar-refractivity contribution in [2.45, 2.75) is 12.5 Å². The monoisotopic (exact) mass is 293 g/mol. The third kappa shape index (κ3) is 2.66. The topological polar surface area (TPSA) is 135 Å². The summed E-state index contributed by atoms with van der Waals surface area (Å²) in [6.45, 7) is 0. The first-order valence-corrected chi connectivity index (χ1v) is 5.85. The normalized spacial score (nSPS) is 12.0. The number of carboxylic acid groups (broad SMARTS) is 1. The number of carboxylic acids is 1. The molecule has 0 saturated heterocycles. The van der Waals surface area contributed by atoms with Crippen molar-refractivity contribution >= 4 is 22.8 Å². The molecule has 0 radical (unpaired) electrons. The average molecular weight is 293 g/mol. The lowest BCUT2D eigenvalue weighted by Crippen LogP contribution is -2.31. The third-order valence-corrected chi connectivity index (χ3v) is 3.03. The zero-order valence-electron chi connectivity index (χ0n) is 10.9. The van der Waals surface area contributed by atoms with E-state index >= 15 is 0 Å². The first-order valence-electron chi connectivity index (χ1n) is 5.85. The number of rotatable bonds is 5. The molecular weight excluding hydrogens is 282 g/mol. The molecule has 0 amide bonds. The second kappa shape index (κ2) is 5.57. The van der Waals surface area contributed by atoms with Gasteiger partial charge < -0.3 is 14.8 Å². The molecule has 0 aliphatic carbocycles. The molecule has 110 valence electrons. The number of pyridine rings is 1. The van der Waals surface area contributed by atoms with Gasteiger partial charge in [0.25, 0.3) is 0 Å². The number of hydrogen-bond donors (Lipinski definition) is 2. The highest BCUT2D eigenvalue weighted by atomic mass is 16.6. The molecule has 0 aromatic carbocycles. The highest BCUT2D eigenvalue weighted by molar-refractivity contribution is 5.98. The molecule has 9 heteroatoms. The quantitative estimate of drug-likeness (QED) is 0.468. The van der Waals surface area contributed by atoms with Crippen LogP contribution in [0.2, 0.25) is 0 Å². The average Bonchev–Trinajstić information content (AvgIpc) is 2.81. The number of nitrogens with zero attached hydrogens (tertiary/aromatic N) is 2. The van der Waals surface area contributed by atoms with Crippen molar-refractivity contribution in [3.63, 3.8) is 0 Å². The van der Waals surface area contributed by atoms with Gasteiger partial charge in [-0.2, -0.15) is 0 Å². The summed E-state index contributed by atoms with van der Waals surface area (Å²) in [4.78, 5) is 39.3. The van der Waals surface area contributed by atoms with Crippen LogP contribution in [-0.2, 0) is 16.0 Å². The predicted octanol–water partition coefficient (Wildman–Crippen LogP) is 0.622. The van der Waals surface area contributed by atoms with E-state index in [1.54, 1.807) is 6.07 Å². The lowest BCUT2D eigenvalue weighted by Gasteiger charge is -2.06. The van der Waals surface area contributed by atoms with E-state index in [2.05, 4.69) is 14.7 Å². The molecule has 21 heavy (non-hydrogen) atoms. The highest BCUT2D eigenvalue weighted by Gasteiger charge is 2.33. The summed E-state index contributed by atoms with van der Waals surface area (Å²) in [5, 5.41) is 20.3. The molecule has 2 rings (SSSR count). The molecule has 1 atom stereocenters. The van der Waals surface area contributed by atoms with Gasteiger partial charge in [-0.15, -0.1) is 0 Å². The highest BCUT2D eigenvalue weighted by Crippen LogP contribution is 2.24. The second-order valence-corrected chi connectivity index (χ2v) is 4.23. The molecular formula is C12H11N3O6. The van der Waals surface area contributed by atoms with Crippen LogP contribution in [0.5, 0.6) is 0 Å². The molecule has 2 heterocycles. The van der Waals surface area contributed by atoms with Crippen LogP contribution in [0, 0.1) is 10.1 Å². The Hall–Kier alpha value is -2.97. The van der Waals surface area contributed by atoms with Gasteiger partial charge in [0.2, 0.25) is 0 Å². The lowest BCUT2D eigenvalue weighted by molar-refractivity contribution is -0.509. The minimum atomic E-state index is -1.85. The molecule has 2 N–H and O–H groups in total. The molecule has 0 spiro atoms. The number of aromatic amines is 1. The number of carbonyl (C=O) groups is 2. The van der Waals surface area contributed by atoms with Gasteiger partial charge in [0.15, 0.2) is 0 Å². The van der Waals surface area contributed by atoms with E-state index in [0.717, 1.165) is 7.11 Å². The van der Waals surface area contributed by atoms with Crippen molar-refractivity contribution in [3.8, 4) is 0 Å². The largest absolute Gasteiger partial charge is 0.476 e. The third-order valence-electron chi connectivity index (χ3n) is 3.03. The van der Waals surface area contributed by atoms with Crippen LogP contribution in [0.4, 0.5) is 0 Å². The zero-order chi connectivity index (χ0) is 15.6. The van der Waals surface area contributed by atoms with Crippen LogP contribution in [0.3, 0.4) is 0 Å². The zero-order valence-corrected chi connectivity index (χ0v) is 10.9. The second-order valence-electron chi connectivity index (χ2n) is 4.23. The summed E-state index contributed by atoms with van der Waals surface area (Å²) in [5.74, 6) is -2.30. The standard InChI is InChI=1S/C12H11N3O6/c1-21-12(18)10-7(4-9(11(16)17)15(19)20)6-2-3-13-5-8(6)14-10/h2-3,5,9,14H,4H2,1H3,(H,16,17). The van der Waals surface area contributed by atoms with Crippen LogP contribution in [0.1, 0.15) is 16.1 Å². The number of fused-ring (bicyclic) bond motifs is 1. The maximum Gasteiger partial charge on any atom is 0.379 e. The molecule has 0 aliphatic rings. The Bertz CT molecular complexity index is 709. The summed E-state index contributed by atoms with van der Waals surface area (Å²) in [6, 6.07) is -0.299. The number of nitrogens with one attached hydrogen (secondary N) is 1. The van der Waals surface area contributed by atoms with Crippen LogP contribution >= 0.6 is 0 Å². The lowest BCUT2D eigenvalue weighted by atomic mass is 10.0. The number of carbonyl (C=O) groups excluding carboxylic acids is 1. The molecule has 9 nitrogen and oxygen atoms in total. The van der Waals surface area contributed by atoms with E-state index in [1.165, 1.54) is 12.4 Å². The Balaban J connectivity index is 2.57. The number of aliphatic carboxylic acids is 1. The minimum Gasteiger partial charge on any atom is -0.476 e. The van der Waals surface area contributed by atoms with E-state index in [4.69, 9.17) is 5.11 Å². The van der Waals surface area contributed by atoms with Crippen molar-refractivity contribution in [1.82, 2.24) is 9.97 Å². The van der Waals surface area contributed by atoms with Gasteiger partial charge in [0, 0.05) is 16.5 Å². The van der Waals surface area contributed by atoms with Gasteiger partial charge >= 0.3 is 18.0 Å². The number of ether oxygens (including phenoxy) is 1. The Kier molecular flexibility index (Phi) is 3.83. The summed E-state index contributed by atoms with van der Waals surface area (Å²) in [6.07, 6.45) is 2.45. The van der Waals surface area contributed by atoms with E-state index < -0.39 is 29.3 Å². The van der Waals surface area contributed by atoms with Gasteiger partial charge in [-0.3, -0.25) is 15.1 Å². The summed E-state index contributed by atoms with van der Waals surface area (Å²) in [5.41, 5.74) is 0.692. The number of esters is 1. The van der Waals surface area contributed by atoms with E-state index in [0.29, 0.717) is 10.9 Å². The van der Waals surface area contributed by atoms with Crippen molar-refractivity contribution in [3.05, 3.63) is 39.8 Å². The van der Waals surface area contributed by atoms with Crippen LogP contribution in [0.25, 0.3) is 10.9 Å². The van der Waals surface area contributed by atoms with Crippen LogP contribution in [-0.4, -0.2) is 45.1 Å². The number of methoxy groups -OCH3 is 1. The summed E-state index contributed by atoms with van der Waals surface area (Å²) in [7, 11) is 1.16. The molecule has 0 fully saturated rings.